The van der Waals surface area contributed by atoms with Crippen LogP contribution >= 0.6 is 0 Å². The number of fused-ring (bicyclic) bond motifs is 1. The van der Waals surface area contributed by atoms with Crippen molar-refractivity contribution in [1.82, 2.24) is 4.98 Å². The molecule has 0 aliphatic carbocycles. The van der Waals surface area contributed by atoms with Gasteiger partial charge in [0, 0.05) is 17.5 Å². The molecule has 0 radical (unpaired) electrons. The smallest absolute Gasteiger partial charge is 0.142 e. The van der Waals surface area contributed by atoms with Gasteiger partial charge in [-0.05, 0) is 11.6 Å². The van der Waals surface area contributed by atoms with Crippen molar-refractivity contribution < 1.29 is 4.74 Å². The highest BCUT2D eigenvalue weighted by atomic mass is 16.5. The first-order chi connectivity index (χ1) is 7.27. The molecule has 0 saturated carbocycles. The zero-order valence-corrected chi connectivity index (χ0v) is 9.08. The van der Waals surface area contributed by atoms with Crippen LogP contribution in [-0.4, -0.2) is 12.1 Å². The van der Waals surface area contributed by atoms with E-state index in [0.29, 0.717) is 5.92 Å². The maximum absolute atomic E-state index is 5.30. The lowest BCUT2D eigenvalue weighted by Gasteiger charge is -2.05. The summed E-state index contributed by atoms with van der Waals surface area (Å²) in [7, 11) is 1.69. The van der Waals surface area contributed by atoms with Gasteiger partial charge < -0.3 is 9.72 Å². The first kappa shape index (κ1) is 9.84. The fourth-order valence-corrected chi connectivity index (χ4v) is 1.82. The zero-order valence-electron chi connectivity index (χ0n) is 9.08. The van der Waals surface area contributed by atoms with Crippen LogP contribution in [0.3, 0.4) is 0 Å². The second-order valence-corrected chi connectivity index (χ2v) is 3.65. The van der Waals surface area contributed by atoms with Crippen LogP contribution in [0.15, 0.2) is 37.1 Å². The summed E-state index contributed by atoms with van der Waals surface area (Å²) in [6.45, 7) is 5.95. The highest BCUT2D eigenvalue weighted by Gasteiger charge is 2.10. The summed E-state index contributed by atoms with van der Waals surface area (Å²) in [5, 5.41) is 1.21. The van der Waals surface area contributed by atoms with E-state index in [1.165, 1.54) is 10.9 Å². The number of allylic oxidation sites excluding steroid dienone is 1. The van der Waals surface area contributed by atoms with Crippen molar-refractivity contribution in [2.75, 3.05) is 7.11 Å². The predicted molar refractivity (Wildman–Crippen MR) is 63.5 cm³/mol. The molecular weight excluding hydrogens is 186 g/mol. The van der Waals surface area contributed by atoms with Gasteiger partial charge in [-0.2, -0.15) is 0 Å². The molecule has 1 atom stereocenters. The van der Waals surface area contributed by atoms with Gasteiger partial charge in [0.25, 0.3) is 0 Å². The topological polar surface area (TPSA) is 25.0 Å². The van der Waals surface area contributed by atoms with Gasteiger partial charge in [-0.1, -0.05) is 25.1 Å². The fourth-order valence-electron chi connectivity index (χ4n) is 1.82. The van der Waals surface area contributed by atoms with Gasteiger partial charge in [-0.3, -0.25) is 0 Å². The first-order valence-electron chi connectivity index (χ1n) is 5.04. The Morgan fingerprint density at radius 2 is 2.27 bits per heavy atom. The monoisotopic (exact) mass is 201 g/mol. The number of aromatic amines is 1. The second kappa shape index (κ2) is 3.81. The van der Waals surface area contributed by atoms with Crippen molar-refractivity contribution >= 4 is 10.9 Å². The second-order valence-electron chi connectivity index (χ2n) is 3.65. The van der Waals surface area contributed by atoms with Gasteiger partial charge in [-0.25, -0.2) is 0 Å². The van der Waals surface area contributed by atoms with Crippen molar-refractivity contribution in [3.05, 3.63) is 42.6 Å². The van der Waals surface area contributed by atoms with Crippen LogP contribution in [0.25, 0.3) is 10.9 Å². The molecule has 1 aromatic heterocycles. The average molecular weight is 201 g/mol. The maximum atomic E-state index is 5.30. The van der Waals surface area contributed by atoms with Crippen molar-refractivity contribution in [1.29, 1.82) is 0 Å². The SMILES string of the molecule is C=CC(C)c1c[nH]c2c(OC)cccc12. The summed E-state index contributed by atoms with van der Waals surface area (Å²) in [5.74, 6) is 1.24. The molecule has 1 N–H and O–H groups in total. The number of hydrogen-bond acceptors (Lipinski definition) is 1. The Morgan fingerprint density at radius 1 is 1.47 bits per heavy atom. The number of hydrogen-bond donors (Lipinski definition) is 1. The lowest BCUT2D eigenvalue weighted by molar-refractivity contribution is 0.419. The molecule has 0 bridgehead atoms. The van der Waals surface area contributed by atoms with E-state index in [4.69, 9.17) is 4.74 Å². The number of benzene rings is 1. The Hall–Kier alpha value is -1.70. The quantitative estimate of drug-likeness (QED) is 0.756. The Balaban J connectivity index is 2.65. The highest BCUT2D eigenvalue weighted by Crippen LogP contribution is 2.31. The molecule has 0 aliphatic heterocycles. The van der Waals surface area contributed by atoms with Crippen LogP contribution in [0.2, 0.25) is 0 Å². The van der Waals surface area contributed by atoms with Crippen LogP contribution < -0.4 is 4.74 Å². The van der Waals surface area contributed by atoms with Gasteiger partial charge in [0.05, 0.1) is 12.6 Å². The molecule has 78 valence electrons. The third-order valence-corrected chi connectivity index (χ3v) is 2.77. The minimum absolute atomic E-state index is 0.353. The number of para-hydroxylation sites is 1. The molecule has 2 rings (SSSR count). The highest BCUT2D eigenvalue weighted by molar-refractivity contribution is 5.88. The van der Waals surface area contributed by atoms with Crippen LogP contribution in [0, 0.1) is 0 Å². The third kappa shape index (κ3) is 1.52. The summed E-state index contributed by atoms with van der Waals surface area (Å²) in [6, 6.07) is 6.07. The third-order valence-electron chi connectivity index (χ3n) is 2.77. The van der Waals surface area contributed by atoms with Crippen molar-refractivity contribution in [2.45, 2.75) is 12.8 Å². The molecular formula is C13H15NO. The van der Waals surface area contributed by atoms with Gasteiger partial charge in [0.2, 0.25) is 0 Å². The molecule has 2 nitrogen and oxygen atoms in total. The van der Waals surface area contributed by atoms with E-state index in [9.17, 15) is 0 Å². The molecule has 2 aromatic rings. The normalized spacial score (nSPS) is 12.7. The van der Waals surface area contributed by atoms with E-state index in [-0.39, 0.29) is 0 Å². The summed E-state index contributed by atoms with van der Waals surface area (Å²) in [6.07, 6.45) is 3.97. The van der Waals surface area contributed by atoms with Gasteiger partial charge in [-0.15, -0.1) is 6.58 Å². The van der Waals surface area contributed by atoms with Gasteiger partial charge in [0.1, 0.15) is 5.75 Å². The van der Waals surface area contributed by atoms with E-state index < -0.39 is 0 Å². The Labute approximate surface area is 89.6 Å². The summed E-state index contributed by atoms with van der Waals surface area (Å²) in [5.41, 5.74) is 2.32. The molecule has 0 fully saturated rings. The maximum Gasteiger partial charge on any atom is 0.142 e. The summed E-state index contributed by atoms with van der Waals surface area (Å²) < 4.78 is 5.30. The standard InChI is InChI=1S/C13H15NO/c1-4-9(2)11-8-14-13-10(11)6-5-7-12(13)15-3/h4-9,14H,1H2,2-3H3. The lowest BCUT2D eigenvalue weighted by Crippen LogP contribution is -1.86. The van der Waals surface area contributed by atoms with Crippen molar-refractivity contribution in [3.8, 4) is 5.75 Å². The number of nitrogens with one attached hydrogen (secondary N) is 1. The molecule has 2 heteroatoms. The predicted octanol–water partition coefficient (Wildman–Crippen LogP) is 3.47. The van der Waals surface area contributed by atoms with Crippen LogP contribution in [0.5, 0.6) is 5.75 Å². The van der Waals surface area contributed by atoms with Gasteiger partial charge >= 0.3 is 0 Å². The van der Waals surface area contributed by atoms with E-state index in [1.807, 2.05) is 24.4 Å². The van der Waals surface area contributed by atoms with Crippen molar-refractivity contribution in [2.24, 2.45) is 0 Å². The van der Waals surface area contributed by atoms with E-state index in [0.717, 1.165) is 11.3 Å². The number of methoxy groups -OCH3 is 1. The van der Waals surface area contributed by atoms with Crippen LogP contribution in [0.1, 0.15) is 18.4 Å². The van der Waals surface area contributed by atoms with E-state index in [2.05, 4.69) is 24.6 Å². The molecule has 1 aromatic carbocycles. The molecule has 15 heavy (non-hydrogen) atoms. The largest absolute Gasteiger partial charge is 0.495 e. The van der Waals surface area contributed by atoms with Crippen LogP contribution in [-0.2, 0) is 0 Å². The summed E-state index contributed by atoms with van der Waals surface area (Å²) >= 11 is 0. The first-order valence-corrected chi connectivity index (χ1v) is 5.04. The number of ether oxygens (including phenoxy) is 1. The minimum Gasteiger partial charge on any atom is -0.495 e. The molecule has 0 spiro atoms. The minimum atomic E-state index is 0.353. The van der Waals surface area contributed by atoms with E-state index >= 15 is 0 Å². The Kier molecular flexibility index (Phi) is 2.50. The Bertz CT molecular complexity index is 484. The molecule has 0 saturated heterocycles. The fraction of sp³-hybridized carbons (Fsp3) is 0.231. The number of aromatic nitrogens is 1. The van der Waals surface area contributed by atoms with Crippen LogP contribution in [0.4, 0.5) is 0 Å². The molecule has 0 aliphatic rings. The van der Waals surface area contributed by atoms with Gasteiger partial charge in [0.15, 0.2) is 0 Å². The van der Waals surface area contributed by atoms with Crippen molar-refractivity contribution in [3.63, 3.8) is 0 Å². The molecule has 1 unspecified atom stereocenters. The zero-order chi connectivity index (χ0) is 10.8. The molecule has 0 amide bonds. The summed E-state index contributed by atoms with van der Waals surface area (Å²) in [4.78, 5) is 3.25. The van der Waals surface area contributed by atoms with E-state index in [1.54, 1.807) is 7.11 Å². The Morgan fingerprint density at radius 3 is 2.93 bits per heavy atom. The average Bonchev–Trinajstić information content (AvgIpc) is 2.71. The molecule has 1 heterocycles. The number of rotatable bonds is 3. The number of H-pyrrole nitrogens is 1. The lowest BCUT2D eigenvalue weighted by atomic mass is 10.0.